The lowest BCUT2D eigenvalue weighted by Gasteiger charge is -2.13. The molecule has 2 aromatic heterocycles. The Morgan fingerprint density at radius 3 is 2.25 bits per heavy atom. The van der Waals surface area contributed by atoms with Crippen LogP contribution in [-0.2, 0) is 17.9 Å². The lowest BCUT2D eigenvalue weighted by molar-refractivity contribution is 0.114. The van der Waals surface area contributed by atoms with Gasteiger partial charge in [-0.25, -0.2) is 28.4 Å². The summed E-state index contributed by atoms with van der Waals surface area (Å²) in [7, 11) is 1.31. The Morgan fingerprint density at radius 1 is 0.950 bits per heavy atom. The van der Waals surface area contributed by atoms with E-state index in [0.29, 0.717) is 27.4 Å². The minimum atomic E-state index is -0.811. The largest absolute Gasteiger partial charge is 0.343 e. The van der Waals surface area contributed by atoms with E-state index in [1.165, 1.54) is 17.7 Å². The number of anilines is 1. The number of carbonyl (C=O) groups is 1. The number of thiophene rings is 1. The molecule has 0 bridgehead atoms. The number of nitrogens with zero attached hydrogens (tertiary/aromatic N) is 2. The highest BCUT2D eigenvalue weighted by Gasteiger charge is 2.24. The normalized spacial score (nSPS) is 11.1. The Morgan fingerprint density at radius 2 is 1.62 bits per heavy atom. The van der Waals surface area contributed by atoms with Gasteiger partial charge in [-0.15, -0.1) is 11.3 Å². The van der Waals surface area contributed by atoms with Gasteiger partial charge in [-0.2, -0.15) is 0 Å². The van der Waals surface area contributed by atoms with Gasteiger partial charge in [-0.05, 0) is 47.5 Å². The van der Waals surface area contributed by atoms with Gasteiger partial charge in [0.25, 0.3) is 5.56 Å². The lowest BCUT2D eigenvalue weighted by atomic mass is 10.1. The Balaban J connectivity index is 1.75. The van der Waals surface area contributed by atoms with Crippen LogP contribution in [-0.4, -0.2) is 22.3 Å². The summed E-state index contributed by atoms with van der Waals surface area (Å²) in [6, 6.07) is 18.0. The third-order valence-corrected chi connectivity index (χ3v) is 7.57. The van der Waals surface area contributed by atoms with Gasteiger partial charge in [0.2, 0.25) is 0 Å². The lowest BCUT2D eigenvalue weighted by Crippen LogP contribution is -2.39. The summed E-state index contributed by atoms with van der Waals surface area (Å²) in [4.78, 5) is 44.8. The molecule has 0 aliphatic carbocycles. The summed E-state index contributed by atoms with van der Waals surface area (Å²) in [6.07, 6.45) is 0. The maximum absolute atomic E-state index is 14.7. The van der Waals surface area contributed by atoms with Crippen molar-refractivity contribution >= 4 is 33.3 Å². The first kappa shape index (κ1) is 26.9. The van der Waals surface area contributed by atoms with Crippen LogP contribution in [0.25, 0.3) is 26.3 Å². The zero-order valence-electron chi connectivity index (χ0n) is 21.1. The molecule has 0 atom stereocenters. The van der Waals surface area contributed by atoms with Crippen LogP contribution in [0.5, 0.6) is 0 Å². The van der Waals surface area contributed by atoms with Crippen LogP contribution >= 0.6 is 11.3 Å². The van der Waals surface area contributed by atoms with Crippen molar-refractivity contribution in [2.75, 3.05) is 12.4 Å². The first-order valence-electron chi connectivity index (χ1n) is 12.0. The summed E-state index contributed by atoms with van der Waals surface area (Å²) in [5, 5.41) is 2.78. The average Bonchev–Trinajstić information content (AvgIpc) is 3.33. The summed E-state index contributed by atoms with van der Waals surface area (Å²) < 4.78 is 31.5. The number of amides is 2. The molecule has 2 amide bonds. The van der Waals surface area contributed by atoms with Crippen molar-refractivity contribution < 1.29 is 18.4 Å². The van der Waals surface area contributed by atoms with E-state index < -0.39 is 35.5 Å². The molecular formula is C28H23F2N5O4S. The minimum absolute atomic E-state index is 0.0398. The molecule has 0 radical (unpaired) electrons. The third-order valence-electron chi connectivity index (χ3n) is 6.27. The molecule has 0 aliphatic rings. The fraction of sp³-hybridized carbons (Fsp3) is 0.107. The van der Waals surface area contributed by atoms with Crippen molar-refractivity contribution in [2.45, 2.75) is 13.1 Å². The van der Waals surface area contributed by atoms with E-state index in [0.717, 1.165) is 28.0 Å². The summed E-state index contributed by atoms with van der Waals surface area (Å²) in [5.41, 5.74) is 8.60. The molecule has 0 unspecified atom stereocenters. The van der Waals surface area contributed by atoms with Gasteiger partial charge in [0.05, 0.1) is 24.7 Å². The Kier molecular flexibility index (Phi) is 7.56. The number of nitrogens with one attached hydrogen (secondary N) is 2. The predicted molar refractivity (Wildman–Crippen MR) is 150 cm³/mol. The standard InChI is InChI=1S/C28H23F2N5O4S/c1-39-33-27(37)32-17-12-10-16(11-13-17)24-19(14-31)23-25(36)35(18-6-3-2-4-7-18)28(38)34(26(23)40-24)15-20-21(29)8-5-9-22(20)30/h2-13H,14-15,31H2,1H3,(H2,32,33,37). The molecule has 3 aromatic carbocycles. The molecule has 0 fully saturated rings. The molecule has 4 N–H and O–H groups in total. The molecule has 9 nitrogen and oxygen atoms in total. The second-order valence-electron chi connectivity index (χ2n) is 8.68. The number of hydrogen-bond acceptors (Lipinski definition) is 6. The van der Waals surface area contributed by atoms with Gasteiger partial charge in [-0.3, -0.25) is 14.2 Å². The van der Waals surface area contributed by atoms with E-state index in [1.54, 1.807) is 54.6 Å². The quantitative estimate of drug-likeness (QED) is 0.254. The van der Waals surface area contributed by atoms with Crippen LogP contribution in [0.4, 0.5) is 19.3 Å². The fourth-order valence-corrected chi connectivity index (χ4v) is 5.76. The number of halogens is 2. The van der Waals surface area contributed by atoms with Crippen LogP contribution in [0.15, 0.2) is 82.4 Å². The van der Waals surface area contributed by atoms with Crippen molar-refractivity contribution in [2.24, 2.45) is 5.73 Å². The molecular weight excluding hydrogens is 540 g/mol. The molecule has 0 aliphatic heterocycles. The first-order valence-corrected chi connectivity index (χ1v) is 12.9. The van der Waals surface area contributed by atoms with E-state index in [2.05, 4.69) is 15.6 Å². The number of hydrogen-bond donors (Lipinski definition) is 3. The second kappa shape index (κ2) is 11.2. The highest BCUT2D eigenvalue weighted by molar-refractivity contribution is 7.22. The van der Waals surface area contributed by atoms with Crippen molar-refractivity contribution in [3.05, 3.63) is 116 Å². The molecule has 0 spiro atoms. The summed E-state index contributed by atoms with van der Waals surface area (Å²) in [5.74, 6) is -1.62. The van der Waals surface area contributed by atoms with Gasteiger partial charge in [0.15, 0.2) is 0 Å². The zero-order chi connectivity index (χ0) is 28.4. The number of aromatic nitrogens is 2. The number of hydroxylamine groups is 1. The van der Waals surface area contributed by atoms with E-state index in [-0.39, 0.29) is 22.3 Å². The van der Waals surface area contributed by atoms with E-state index in [4.69, 9.17) is 5.73 Å². The number of benzene rings is 3. The molecule has 2 heterocycles. The molecule has 5 aromatic rings. The number of carbonyl (C=O) groups excluding carboxylic acids is 1. The molecule has 40 heavy (non-hydrogen) atoms. The Labute approximate surface area is 230 Å². The number of fused-ring (bicyclic) bond motifs is 1. The third kappa shape index (κ3) is 4.91. The number of urea groups is 1. The Hall–Kier alpha value is -4.65. The molecule has 204 valence electrons. The second-order valence-corrected chi connectivity index (χ2v) is 9.68. The molecule has 5 rings (SSSR count). The maximum Gasteiger partial charge on any atom is 0.343 e. The number of rotatable bonds is 7. The predicted octanol–water partition coefficient (Wildman–Crippen LogP) is 4.35. The van der Waals surface area contributed by atoms with Gasteiger partial charge in [0, 0.05) is 22.7 Å². The van der Waals surface area contributed by atoms with Gasteiger partial charge in [-0.1, -0.05) is 36.4 Å². The molecule has 0 saturated heterocycles. The summed E-state index contributed by atoms with van der Waals surface area (Å²) >= 11 is 1.12. The van der Waals surface area contributed by atoms with Crippen LogP contribution in [0.3, 0.4) is 0 Å². The average molecular weight is 564 g/mol. The van der Waals surface area contributed by atoms with Crippen LogP contribution in [0.2, 0.25) is 0 Å². The SMILES string of the molecule is CONC(=O)Nc1ccc(-c2sc3c(c2CN)c(=O)n(-c2ccccc2)c(=O)n3Cc2c(F)cccc2F)cc1. The van der Waals surface area contributed by atoms with Crippen molar-refractivity contribution in [3.8, 4) is 16.1 Å². The van der Waals surface area contributed by atoms with Crippen molar-refractivity contribution in [3.63, 3.8) is 0 Å². The van der Waals surface area contributed by atoms with E-state index in [1.807, 2.05) is 0 Å². The van der Waals surface area contributed by atoms with Gasteiger partial charge < -0.3 is 11.1 Å². The topological polar surface area (TPSA) is 120 Å². The van der Waals surface area contributed by atoms with E-state index in [9.17, 15) is 23.2 Å². The smallest absolute Gasteiger partial charge is 0.326 e. The van der Waals surface area contributed by atoms with Crippen molar-refractivity contribution in [1.82, 2.24) is 14.6 Å². The van der Waals surface area contributed by atoms with Gasteiger partial charge >= 0.3 is 11.7 Å². The van der Waals surface area contributed by atoms with Gasteiger partial charge in [0.1, 0.15) is 16.5 Å². The molecule has 0 saturated carbocycles. The van der Waals surface area contributed by atoms with Crippen molar-refractivity contribution in [1.29, 1.82) is 0 Å². The monoisotopic (exact) mass is 563 g/mol. The fourth-order valence-electron chi connectivity index (χ4n) is 4.44. The maximum atomic E-state index is 14.7. The minimum Gasteiger partial charge on any atom is -0.326 e. The zero-order valence-corrected chi connectivity index (χ0v) is 21.9. The van der Waals surface area contributed by atoms with E-state index >= 15 is 0 Å². The highest BCUT2D eigenvalue weighted by atomic mass is 32.1. The summed E-state index contributed by atoms with van der Waals surface area (Å²) in [6.45, 7) is -0.482. The Bertz CT molecular complexity index is 1810. The van der Waals surface area contributed by atoms with Crippen LogP contribution in [0.1, 0.15) is 11.1 Å². The molecule has 12 heteroatoms. The van der Waals surface area contributed by atoms with Crippen LogP contribution in [0, 0.1) is 11.6 Å². The number of para-hydroxylation sites is 1. The highest BCUT2D eigenvalue weighted by Crippen LogP contribution is 2.37. The first-order chi connectivity index (χ1) is 19.3. The number of nitrogens with two attached hydrogens (primary N) is 1. The van der Waals surface area contributed by atoms with Crippen LogP contribution < -0.4 is 27.8 Å².